The van der Waals surface area contributed by atoms with Crippen molar-refractivity contribution in [3.8, 4) is 5.75 Å². The molecule has 18 heavy (non-hydrogen) atoms. The molecule has 0 radical (unpaired) electrons. The second-order valence-electron chi connectivity index (χ2n) is 3.83. The number of hydrogen-bond acceptors (Lipinski definition) is 4. The molecular weight excluding hydrogens is 236 g/mol. The number of benzene rings is 1. The number of aryl methyl sites for hydroxylation is 1. The SMILES string of the molecule is CCc1ccc(OC(CC)C(N)=O)c([N+](=O)[O-])c1. The Morgan fingerprint density at radius 1 is 1.50 bits per heavy atom. The van der Waals surface area contributed by atoms with Crippen LogP contribution in [0.5, 0.6) is 5.75 Å². The van der Waals surface area contributed by atoms with Gasteiger partial charge in [0.2, 0.25) is 0 Å². The molecule has 0 saturated carbocycles. The first-order valence-corrected chi connectivity index (χ1v) is 5.72. The highest BCUT2D eigenvalue weighted by Gasteiger charge is 2.21. The van der Waals surface area contributed by atoms with Crippen molar-refractivity contribution < 1.29 is 14.5 Å². The quantitative estimate of drug-likeness (QED) is 0.616. The van der Waals surface area contributed by atoms with Gasteiger partial charge in [0.05, 0.1) is 4.92 Å². The normalized spacial score (nSPS) is 11.9. The van der Waals surface area contributed by atoms with E-state index in [0.717, 1.165) is 5.56 Å². The zero-order valence-electron chi connectivity index (χ0n) is 10.4. The summed E-state index contributed by atoms with van der Waals surface area (Å²) in [5.74, 6) is -0.561. The highest BCUT2D eigenvalue weighted by molar-refractivity contribution is 5.79. The first kappa shape index (κ1) is 14.0. The van der Waals surface area contributed by atoms with Gasteiger partial charge in [0, 0.05) is 6.07 Å². The van der Waals surface area contributed by atoms with Crippen molar-refractivity contribution >= 4 is 11.6 Å². The van der Waals surface area contributed by atoms with Crippen molar-refractivity contribution in [1.29, 1.82) is 0 Å². The van der Waals surface area contributed by atoms with Crippen molar-refractivity contribution in [2.24, 2.45) is 5.73 Å². The molecule has 1 atom stereocenters. The van der Waals surface area contributed by atoms with Crippen molar-refractivity contribution in [2.75, 3.05) is 0 Å². The highest BCUT2D eigenvalue weighted by Crippen LogP contribution is 2.29. The van der Waals surface area contributed by atoms with Gasteiger partial charge in [-0.15, -0.1) is 0 Å². The molecule has 0 fully saturated rings. The molecule has 0 bridgehead atoms. The molecule has 0 heterocycles. The van der Waals surface area contributed by atoms with Crippen LogP contribution in [0.3, 0.4) is 0 Å². The Morgan fingerprint density at radius 2 is 2.17 bits per heavy atom. The minimum atomic E-state index is -0.851. The molecule has 6 nitrogen and oxygen atoms in total. The van der Waals surface area contributed by atoms with Gasteiger partial charge < -0.3 is 10.5 Å². The number of nitro benzene ring substituents is 1. The summed E-state index contributed by atoms with van der Waals surface area (Å²) in [4.78, 5) is 21.5. The number of ether oxygens (including phenoxy) is 1. The molecule has 1 aromatic rings. The molecule has 1 unspecified atom stereocenters. The second-order valence-corrected chi connectivity index (χ2v) is 3.83. The molecule has 98 valence electrons. The molecular formula is C12H16N2O4. The number of amides is 1. The van der Waals surface area contributed by atoms with Gasteiger partial charge in [0.15, 0.2) is 11.9 Å². The van der Waals surface area contributed by atoms with E-state index in [9.17, 15) is 14.9 Å². The van der Waals surface area contributed by atoms with Crippen molar-refractivity contribution in [3.63, 3.8) is 0 Å². The van der Waals surface area contributed by atoms with Crippen LogP contribution in [0, 0.1) is 10.1 Å². The third-order valence-corrected chi connectivity index (χ3v) is 2.59. The minimum Gasteiger partial charge on any atom is -0.473 e. The molecule has 1 rings (SSSR count). The largest absolute Gasteiger partial charge is 0.473 e. The Labute approximate surface area is 105 Å². The van der Waals surface area contributed by atoms with Crippen LogP contribution < -0.4 is 10.5 Å². The van der Waals surface area contributed by atoms with Crippen molar-refractivity contribution in [3.05, 3.63) is 33.9 Å². The minimum absolute atomic E-state index is 0.0721. The number of primary amides is 1. The van der Waals surface area contributed by atoms with Crippen LogP contribution in [0.2, 0.25) is 0 Å². The van der Waals surface area contributed by atoms with Crippen molar-refractivity contribution in [1.82, 2.24) is 0 Å². The first-order valence-electron chi connectivity index (χ1n) is 5.72. The Bertz CT molecular complexity index is 459. The Balaban J connectivity index is 3.08. The van der Waals surface area contributed by atoms with Gasteiger partial charge in [-0.25, -0.2) is 0 Å². The molecule has 0 aromatic heterocycles. The monoisotopic (exact) mass is 252 g/mol. The Morgan fingerprint density at radius 3 is 2.61 bits per heavy atom. The maximum Gasteiger partial charge on any atom is 0.311 e. The van der Waals surface area contributed by atoms with Gasteiger partial charge in [0.1, 0.15) is 0 Å². The lowest BCUT2D eigenvalue weighted by molar-refractivity contribution is -0.386. The smallest absolute Gasteiger partial charge is 0.311 e. The molecule has 2 N–H and O–H groups in total. The summed E-state index contributed by atoms with van der Waals surface area (Å²) < 4.78 is 5.30. The van der Waals surface area contributed by atoms with Crippen LogP contribution in [0.15, 0.2) is 18.2 Å². The molecule has 0 aliphatic rings. The lowest BCUT2D eigenvalue weighted by Crippen LogP contribution is -2.33. The summed E-state index contributed by atoms with van der Waals surface area (Å²) in [7, 11) is 0. The molecule has 0 spiro atoms. The fourth-order valence-corrected chi connectivity index (χ4v) is 1.52. The number of nitro groups is 1. The van der Waals surface area contributed by atoms with E-state index >= 15 is 0 Å². The molecule has 1 amide bonds. The molecule has 1 aromatic carbocycles. The van der Waals surface area contributed by atoms with E-state index in [2.05, 4.69) is 0 Å². The first-order chi connectivity index (χ1) is 8.49. The van der Waals surface area contributed by atoms with Crippen LogP contribution in [0.4, 0.5) is 5.69 Å². The third-order valence-electron chi connectivity index (χ3n) is 2.59. The predicted molar refractivity (Wildman–Crippen MR) is 66.4 cm³/mol. The van der Waals surface area contributed by atoms with Gasteiger partial charge in [-0.3, -0.25) is 14.9 Å². The average Bonchev–Trinajstić information content (AvgIpc) is 2.35. The van der Waals surface area contributed by atoms with E-state index in [4.69, 9.17) is 10.5 Å². The summed E-state index contributed by atoms with van der Waals surface area (Å²) in [5, 5.41) is 10.9. The number of hydrogen-bond donors (Lipinski definition) is 1. The number of nitrogens with two attached hydrogens (primary N) is 1. The van der Waals surface area contributed by atoms with Crippen LogP contribution >= 0.6 is 0 Å². The summed E-state index contributed by atoms with van der Waals surface area (Å²) >= 11 is 0. The van der Waals surface area contributed by atoms with Gasteiger partial charge in [-0.05, 0) is 24.5 Å². The van der Waals surface area contributed by atoms with Gasteiger partial charge in [-0.1, -0.05) is 19.9 Å². The number of nitrogens with zero attached hydrogens (tertiary/aromatic N) is 1. The molecule has 0 aliphatic heterocycles. The third kappa shape index (κ3) is 3.19. The topological polar surface area (TPSA) is 95.5 Å². The van der Waals surface area contributed by atoms with Gasteiger partial charge in [0.25, 0.3) is 5.91 Å². The van der Waals surface area contributed by atoms with E-state index in [1.807, 2.05) is 6.92 Å². The number of carbonyl (C=O) groups excluding carboxylic acids is 1. The average molecular weight is 252 g/mol. The lowest BCUT2D eigenvalue weighted by atomic mass is 10.1. The lowest BCUT2D eigenvalue weighted by Gasteiger charge is -2.14. The van der Waals surface area contributed by atoms with E-state index in [0.29, 0.717) is 12.8 Å². The zero-order valence-corrected chi connectivity index (χ0v) is 10.4. The van der Waals surface area contributed by atoms with E-state index in [1.165, 1.54) is 12.1 Å². The molecule has 6 heteroatoms. The standard InChI is InChI=1S/C12H16N2O4/c1-3-8-5-6-11(9(7-8)14(16)17)18-10(4-2)12(13)15/h5-7,10H,3-4H2,1-2H3,(H2,13,15). The molecule has 0 saturated heterocycles. The van der Waals surface area contributed by atoms with Crippen LogP contribution in [-0.4, -0.2) is 16.9 Å². The fraction of sp³-hybridized carbons (Fsp3) is 0.417. The molecule has 0 aliphatic carbocycles. The van der Waals surface area contributed by atoms with Crippen LogP contribution in [0.1, 0.15) is 25.8 Å². The second kappa shape index (κ2) is 6.00. The zero-order chi connectivity index (χ0) is 13.7. The highest BCUT2D eigenvalue weighted by atomic mass is 16.6. The van der Waals surface area contributed by atoms with Crippen molar-refractivity contribution in [2.45, 2.75) is 32.8 Å². The predicted octanol–water partition coefficient (Wildman–Crippen LogP) is 1.80. The maximum atomic E-state index is 11.1. The fourth-order valence-electron chi connectivity index (χ4n) is 1.52. The Hall–Kier alpha value is -2.11. The van der Waals surface area contributed by atoms with E-state index < -0.39 is 16.9 Å². The number of carbonyl (C=O) groups is 1. The maximum absolute atomic E-state index is 11.1. The van der Waals surface area contributed by atoms with Gasteiger partial charge in [-0.2, -0.15) is 0 Å². The van der Waals surface area contributed by atoms with E-state index in [1.54, 1.807) is 13.0 Å². The van der Waals surface area contributed by atoms with E-state index in [-0.39, 0.29) is 11.4 Å². The Kier molecular flexibility index (Phi) is 4.65. The van der Waals surface area contributed by atoms with Crippen LogP contribution in [-0.2, 0) is 11.2 Å². The van der Waals surface area contributed by atoms with Gasteiger partial charge >= 0.3 is 5.69 Å². The van der Waals surface area contributed by atoms with Crippen LogP contribution in [0.25, 0.3) is 0 Å². The summed E-state index contributed by atoms with van der Waals surface area (Å²) in [6.45, 7) is 3.62. The number of rotatable bonds is 6. The summed E-state index contributed by atoms with van der Waals surface area (Å²) in [6.07, 6.45) is 0.201. The summed E-state index contributed by atoms with van der Waals surface area (Å²) in [6, 6.07) is 4.68. The summed E-state index contributed by atoms with van der Waals surface area (Å²) in [5.41, 5.74) is 5.83.